The van der Waals surface area contributed by atoms with E-state index in [-0.39, 0.29) is 29.4 Å². The van der Waals surface area contributed by atoms with Gasteiger partial charge in [-0.2, -0.15) is 4.31 Å². The highest BCUT2D eigenvalue weighted by Crippen LogP contribution is 2.25. The number of rotatable bonds is 5. The van der Waals surface area contributed by atoms with Crippen LogP contribution in [0.25, 0.3) is 0 Å². The molecule has 1 fully saturated rings. The lowest BCUT2D eigenvalue weighted by Gasteiger charge is -2.30. The molecule has 0 unspecified atom stereocenters. The molecule has 0 radical (unpaired) electrons. The van der Waals surface area contributed by atoms with Crippen molar-refractivity contribution in [3.8, 4) is 0 Å². The third kappa shape index (κ3) is 3.91. The molecule has 0 saturated carbocycles. The monoisotopic (exact) mass is 383 g/mol. The Balaban J connectivity index is 1.72. The third-order valence-electron chi connectivity index (χ3n) is 4.20. The zero-order valence-corrected chi connectivity index (χ0v) is 15.8. The number of carbonyl (C=O) groups is 1. The van der Waals surface area contributed by atoms with E-state index in [1.165, 1.54) is 22.0 Å². The fourth-order valence-electron chi connectivity index (χ4n) is 2.73. The molecule has 3 heterocycles. The summed E-state index contributed by atoms with van der Waals surface area (Å²) in [5, 5.41) is 5.08. The van der Waals surface area contributed by atoms with Gasteiger partial charge in [-0.25, -0.2) is 18.4 Å². The van der Waals surface area contributed by atoms with Crippen LogP contribution >= 0.6 is 11.3 Å². The van der Waals surface area contributed by atoms with Gasteiger partial charge in [0, 0.05) is 36.9 Å². The van der Waals surface area contributed by atoms with Gasteiger partial charge < -0.3 is 9.88 Å². The molecule has 3 rings (SSSR count). The molecule has 0 spiro atoms. The highest BCUT2D eigenvalue weighted by Gasteiger charge is 2.34. The van der Waals surface area contributed by atoms with Crippen molar-refractivity contribution >= 4 is 32.4 Å². The van der Waals surface area contributed by atoms with Crippen LogP contribution in [0.3, 0.4) is 0 Å². The van der Waals surface area contributed by atoms with Crippen LogP contribution in [0.1, 0.15) is 32.7 Å². The SMILES string of the molecule is CC(C)n1cnc(S(=O)(=O)N2CCC[C@@H](C(=O)Nc3nccs3)C2)c1. The number of nitrogens with one attached hydrogen (secondary N) is 1. The highest BCUT2D eigenvalue weighted by molar-refractivity contribution is 7.89. The van der Waals surface area contributed by atoms with Crippen molar-refractivity contribution in [2.75, 3.05) is 18.4 Å². The van der Waals surface area contributed by atoms with Gasteiger partial charge in [0.1, 0.15) is 0 Å². The predicted molar refractivity (Wildman–Crippen MR) is 94.8 cm³/mol. The van der Waals surface area contributed by atoms with Crippen molar-refractivity contribution in [2.24, 2.45) is 5.92 Å². The number of carbonyl (C=O) groups excluding carboxylic acids is 1. The summed E-state index contributed by atoms with van der Waals surface area (Å²) in [5.41, 5.74) is 0. The zero-order chi connectivity index (χ0) is 18.0. The van der Waals surface area contributed by atoms with E-state index >= 15 is 0 Å². The number of imidazole rings is 1. The lowest BCUT2D eigenvalue weighted by molar-refractivity contribution is -0.120. The number of piperidine rings is 1. The highest BCUT2D eigenvalue weighted by atomic mass is 32.2. The minimum absolute atomic E-state index is 0.0298. The Kier molecular flexibility index (Phi) is 5.21. The van der Waals surface area contributed by atoms with E-state index < -0.39 is 10.0 Å². The maximum Gasteiger partial charge on any atom is 0.262 e. The molecular weight excluding hydrogens is 362 g/mol. The maximum absolute atomic E-state index is 12.8. The molecule has 0 bridgehead atoms. The van der Waals surface area contributed by atoms with Gasteiger partial charge in [-0.05, 0) is 26.7 Å². The number of anilines is 1. The summed E-state index contributed by atoms with van der Waals surface area (Å²) in [4.78, 5) is 20.4. The molecule has 1 N–H and O–H groups in total. The van der Waals surface area contributed by atoms with Crippen LogP contribution in [0.5, 0.6) is 0 Å². The minimum atomic E-state index is -3.69. The first-order valence-electron chi connectivity index (χ1n) is 8.12. The second kappa shape index (κ2) is 7.22. The van der Waals surface area contributed by atoms with E-state index in [4.69, 9.17) is 0 Å². The van der Waals surface area contributed by atoms with Crippen molar-refractivity contribution in [2.45, 2.75) is 37.8 Å². The molecule has 0 aromatic carbocycles. The number of sulfonamides is 1. The Morgan fingerprint density at radius 1 is 1.40 bits per heavy atom. The van der Waals surface area contributed by atoms with Gasteiger partial charge in [0.25, 0.3) is 10.0 Å². The van der Waals surface area contributed by atoms with E-state index in [1.807, 2.05) is 13.8 Å². The molecule has 0 aliphatic carbocycles. The quantitative estimate of drug-likeness (QED) is 0.851. The smallest absolute Gasteiger partial charge is 0.262 e. The number of aromatic nitrogens is 3. The normalized spacial score (nSPS) is 19.2. The van der Waals surface area contributed by atoms with Crippen molar-refractivity contribution in [3.63, 3.8) is 0 Å². The van der Waals surface area contributed by atoms with Gasteiger partial charge >= 0.3 is 0 Å². The van der Waals surface area contributed by atoms with Crippen molar-refractivity contribution in [3.05, 3.63) is 24.1 Å². The zero-order valence-electron chi connectivity index (χ0n) is 14.1. The Hall–Kier alpha value is -1.78. The molecule has 2 aromatic heterocycles. The van der Waals surface area contributed by atoms with Gasteiger partial charge in [-0.3, -0.25) is 4.79 Å². The lowest BCUT2D eigenvalue weighted by Crippen LogP contribution is -2.43. The summed E-state index contributed by atoms with van der Waals surface area (Å²) in [5.74, 6) is -0.581. The molecule has 1 amide bonds. The second-order valence-corrected chi connectivity index (χ2v) is 9.06. The standard InChI is InChI=1S/C15H21N5O3S2/c1-11(2)19-9-13(17-10-19)25(22,23)20-6-3-4-12(8-20)14(21)18-15-16-5-7-24-15/h5,7,9-12H,3-4,6,8H2,1-2H3,(H,16,18,21)/t12-/m1/s1. The van der Waals surface area contributed by atoms with Gasteiger partial charge in [-0.1, -0.05) is 0 Å². The number of thiazole rings is 1. The van der Waals surface area contributed by atoms with Crippen molar-refractivity contribution in [1.29, 1.82) is 0 Å². The Bertz CT molecular complexity index is 829. The maximum atomic E-state index is 12.8. The molecule has 1 atom stereocenters. The predicted octanol–water partition coefficient (Wildman–Crippen LogP) is 1.96. The van der Waals surface area contributed by atoms with Crippen molar-refractivity contribution in [1.82, 2.24) is 18.8 Å². The first kappa shape index (κ1) is 18.0. The largest absolute Gasteiger partial charge is 0.334 e. The molecular formula is C15H21N5O3S2. The fraction of sp³-hybridized carbons (Fsp3) is 0.533. The summed E-state index contributed by atoms with van der Waals surface area (Å²) >= 11 is 1.34. The molecule has 1 saturated heterocycles. The summed E-state index contributed by atoms with van der Waals surface area (Å²) < 4.78 is 28.7. The van der Waals surface area contributed by atoms with Crippen LogP contribution < -0.4 is 5.32 Å². The topological polar surface area (TPSA) is 97.2 Å². The van der Waals surface area contributed by atoms with E-state index in [1.54, 1.807) is 22.3 Å². The Morgan fingerprint density at radius 3 is 2.84 bits per heavy atom. The molecule has 2 aromatic rings. The third-order valence-corrected chi connectivity index (χ3v) is 6.64. The van der Waals surface area contributed by atoms with E-state index in [0.717, 1.165) is 0 Å². The fourth-order valence-corrected chi connectivity index (χ4v) is 4.71. The van der Waals surface area contributed by atoms with Crippen molar-refractivity contribution < 1.29 is 13.2 Å². The van der Waals surface area contributed by atoms with Gasteiger partial charge in [0.15, 0.2) is 10.2 Å². The first-order chi connectivity index (χ1) is 11.9. The van der Waals surface area contributed by atoms with Gasteiger partial charge in [0.2, 0.25) is 5.91 Å². The molecule has 136 valence electrons. The van der Waals surface area contributed by atoms with Crippen LogP contribution in [-0.4, -0.2) is 46.3 Å². The summed E-state index contributed by atoms with van der Waals surface area (Å²) in [7, 11) is -3.69. The molecule has 10 heteroatoms. The molecule has 25 heavy (non-hydrogen) atoms. The number of hydrogen-bond donors (Lipinski definition) is 1. The van der Waals surface area contributed by atoms with E-state index in [2.05, 4.69) is 15.3 Å². The van der Waals surface area contributed by atoms with Crippen LogP contribution in [0.4, 0.5) is 5.13 Å². The minimum Gasteiger partial charge on any atom is -0.334 e. The van der Waals surface area contributed by atoms with Crippen LogP contribution in [-0.2, 0) is 14.8 Å². The summed E-state index contributed by atoms with van der Waals surface area (Å²) in [6.07, 6.45) is 5.97. The average Bonchev–Trinajstić information content (AvgIpc) is 3.26. The summed E-state index contributed by atoms with van der Waals surface area (Å²) in [6, 6.07) is 0.134. The van der Waals surface area contributed by atoms with Gasteiger partial charge in [0.05, 0.1) is 12.2 Å². The summed E-state index contributed by atoms with van der Waals surface area (Å²) in [6.45, 7) is 4.47. The number of nitrogens with zero attached hydrogens (tertiary/aromatic N) is 4. The molecule has 8 nitrogen and oxygen atoms in total. The van der Waals surface area contributed by atoms with Crippen LogP contribution in [0.15, 0.2) is 29.1 Å². The number of amides is 1. The average molecular weight is 383 g/mol. The first-order valence-corrected chi connectivity index (χ1v) is 10.4. The molecule has 1 aliphatic heterocycles. The van der Waals surface area contributed by atoms with Gasteiger partial charge in [-0.15, -0.1) is 11.3 Å². The Morgan fingerprint density at radius 2 is 2.20 bits per heavy atom. The number of hydrogen-bond acceptors (Lipinski definition) is 6. The van der Waals surface area contributed by atoms with E-state index in [0.29, 0.717) is 24.5 Å². The van der Waals surface area contributed by atoms with Crippen LogP contribution in [0.2, 0.25) is 0 Å². The van der Waals surface area contributed by atoms with E-state index in [9.17, 15) is 13.2 Å². The molecule has 1 aliphatic rings. The second-order valence-electron chi connectivity index (χ2n) is 6.28. The Labute approximate surface area is 150 Å². The van der Waals surface area contributed by atoms with Crippen LogP contribution in [0, 0.1) is 5.92 Å². The lowest BCUT2D eigenvalue weighted by atomic mass is 9.99.